The molecule has 1 aliphatic heterocycles. The van der Waals surface area contributed by atoms with Gasteiger partial charge < -0.3 is 10.6 Å². The number of thioether (sulfide) groups is 1. The van der Waals surface area contributed by atoms with Gasteiger partial charge in [0.25, 0.3) is 0 Å². The van der Waals surface area contributed by atoms with Gasteiger partial charge in [0, 0.05) is 22.0 Å². The Morgan fingerprint density at radius 2 is 2.04 bits per heavy atom. The molecule has 0 bridgehead atoms. The molecule has 4 nitrogen and oxygen atoms in total. The van der Waals surface area contributed by atoms with E-state index in [-0.39, 0.29) is 18.2 Å². The Balaban J connectivity index is 1.43. The summed E-state index contributed by atoms with van der Waals surface area (Å²) in [5, 5.41) is 9.89. The highest BCUT2D eigenvalue weighted by atomic mass is 35.5. The minimum absolute atomic E-state index is 0.0985. The zero-order valence-corrected chi connectivity index (χ0v) is 16.5. The first-order chi connectivity index (χ1) is 13.1. The van der Waals surface area contributed by atoms with Crippen LogP contribution in [-0.2, 0) is 9.59 Å². The van der Waals surface area contributed by atoms with Crippen LogP contribution in [0.5, 0.6) is 0 Å². The van der Waals surface area contributed by atoms with E-state index in [1.54, 1.807) is 23.5 Å². The van der Waals surface area contributed by atoms with E-state index in [1.165, 1.54) is 11.8 Å². The lowest BCUT2D eigenvalue weighted by molar-refractivity contribution is -0.120. The van der Waals surface area contributed by atoms with Gasteiger partial charge in [-0.1, -0.05) is 23.7 Å². The molecule has 1 aliphatic rings. The van der Waals surface area contributed by atoms with Gasteiger partial charge in [0.05, 0.1) is 10.9 Å². The second kappa shape index (κ2) is 7.76. The Hall–Kier alpha value is -2.28. The maximum Gasteiger partial charge on any atom is 0.238 e. The fraction of sp³-hybridized carbons (Fsp3) is 0.100. The quantitative estimate of drug-likeness (QED) is 0.591. The normalized spacial score (nSPS) is 15.7. The molecule has 0 aliphatic carbocycles. The van der Waals surface area contributed by atoms with E-state index in [4.69, 9.17) is 11.6 Å². The molecule has 0 radical (unpaired) electrons. The van der Waals surface area contributed by atoms with Crippen LogP contribution in [0.3, 0.4) is 0 Å². The van der Waals surface area contributed by atoms with Crippen molar-refractivity contribution in [2.24, 2.45) is 0 Å². The van der Waals surface area contributed by atoms with Gasteiger partial charge in [-0.15, -0.1) is 11.8 Å². The number of nitrogens with one attached hydrogen (secondary N) is 2. The van der Waals surface area contributed by atoms with Crippen molar-refractivity contribution in [3.8, 4) is 11.1 Å². The highest BCUT2D eigenvalue weighted by Gasteiger charge is 2.29. The molecule has 0 spiro atoms. The summed E-state index contributed by atoms with van der Waals surface area (Å²) in [6.45, 7) is 0. The van der Waals surface area contributed by atoms with Gasteiger partial charge in [0.1, 0.15) is 0 Å². The molecule has 7 heteroatoms. The third-order valence-corrected chi connectivity index (χ3v) is 6.33. The minimum Gasteiger partial charge on any atom is -0.326 e. The predicted molar refractivity (Wildman–Crippen MR) is 113 cm³/mol. The van der Waals surface area contributed by atoms with Crippen molar-refractivity contribution in [1.82, 2.24) is 0 Å². The van der Waals surface area contributed by atoms with Gasteiger partial charge in [0.2, 0.25) is 11.8 Å². The lowest BCUT2D eigenvalue weighted by Gasteiger charge is -2.23. The van der Waals surface area contributed by atoms with Crippen LogP contribution < -0.4 is 10.6 Å². The lowest BCUT2D eigenvalue weighted by atomic mass is 10.1. The molecule has 0 saturated heterocycles. The Kier molecular flexibility index (Phi) is 5.20. The van der Waals surface area contributed by atoms with Gasteiger partial charge in [0.15, 0.2) is 0 Å². The number of thiophene rings is 1. The summed E-state index contributed by atoms with van der Waals surface area (Å²) in [5.41, 5.74) is 3.58. The second-order valence-corrected chi connectivity index (χ2v) is 8.54. The number of carbonyl (C=O) groups excluding carboxylic acids is 2. The average molecular weight is 415 g/mol. The van der Waals surface area contributed by atoms with Crippen molar-refractivity contribution < 1.29 is 9.59 Å². The van der Waals surface area contributed by atoms with Crippen LogP contribution in [-0.4, -0.2) is 17.1 Å². The van der Waals surface area contributed by atoms with Crippen LogP contribution in [0.4, 0.5) is 11.4 Å². The molecule has 0 fully saturated rings. The highest BCUT2D eigenvalue weighted by molar-refractivity contribution is 8.01. The zero-order chi connectivity index (χ0) is 18.8. The molecular formula is C20H15ClN2O2S2. The maximum absolute atomic E-state index is 12.5. The first-order valence-electron chi connectivity index (χ1n) is 8.28. The van der Waals surface area contributed by atoms with E-state index in [1.807, 2.05) is 41.8 Å². The summed E-state index contributed by atoms with van der Waals surface area (Å²) < 4.78 is 0. The number of rotatable bonds is 4. The topological polar surface area (TPSA) is 58.2 Å². The maximum atomic E-state index is 12.5. The van der Waals surface area contributed by atoms with Crippen LogP contribution in [0.15, 0.2) is 64.2 Å². The number of halogens is 1. The summed E-state index contributed by atoms with van der Waals surface area (Å²) in [4.78, 5) is 25.7. The van der Waals surface area contributed by atoms with Crippen molar-refractivity contribution in [2.75, 3.05) is 10.6 Å². The molecule has 2 amide bonds. The molecule has 27 heavy (non-hydrogen) atoms. The third-order valence-electron chi connectivity index (χ3n) is 4.13. The predicted octanol–water partition coefficient (Wildman–Crippen LogP) is 5.51. The SMILES string of the molecule is O=C(C[C@@H]1Sc2ccc(Cl)cc2NC1=O)Nc1cccc(-c2ccsc2)c1. The van der Waals surface area contributed by atoms with Gasteiger partial charge in [-0.3, -0.25) is 9.59 Å². The fourth-order valence-electron chi connectivity index (χ4n) is 2.84. The number of hydrogen-bond donors (Lipinski definition) is 2. The first kappa shape index (κ1) is 18.1. The van der Waals surface area contributed by atoms with Gasteiger partial charge in [-0.25, -0.2) is 0 Å². The second-order valence-electron chi connectivity index (χ2n) is 6.08. The Morgan fingerprint density at radius 1 is 1.15 bits per heavy atom. The van der Waals surface area contributed by atoms with Crippen molar-refractivity contribution >= 4 is 57.9 Å². The number of carbonyl (C=O) groups is 2. The van der Waals surface area contributed by atoms with Crippen LogP contribution in [0.25, 0.3) is 11.1 Å². The third kappa shape index (κ3) is 4.18. The van der Waals surface area contributed by atoms with Gasteiger partial charge >= 0.3 is 0 Å². The number of fused-ring (bicyclic) bond motifs is 1. The van der Waals surface area contributed by atoms with Crippen LogP contribution in [0.2, 0.25) is 5.02 Å². The van der Waals surface area contributed by atoms with E-state index < -0.39 is 5.25 Å². The number of amides is 2. The summed E-state index contributed by atoms with van der Waals surface area (Å²) in [5.74, 6) is -0.375. The summed E-state index contributed by atoms with van der Waals surface area (Å²) in [6.07, 6.45) is 0.0985. The van der Waals surface area contributed by atoms with Crippen molar-refractivity contribution in [1.29, 1.82) is 0 Å². The molecule has 2 heterocycles. The van der Waals surface area contributed by atoms with E-state index in [0.29, 0.717) is 10.7 Å². The molecule has 4 rings (SSSR count). The Bertz CT molecular complexity index is 1000. The monoisotopic (exact) mass is 414 g/mol. The largest absolute Gasteiger partial charge is 0.326 e. The average Bonchev–Trinajstić information content (AvgIpc) is 3.17. The van der Waals surface area contributed by atoms with E-state index in [0.717, 1.165) is 21.7 Å². The van der Waals surface area contributed by atoms with Crippen LogP contribution in [0, 0.1) is 0 Å². The van der Waals surface area contributed by atoms with Gasteiger partial charge in [-0.2, -0.15) is 11.3 Å². The van der Waals surface area contributed by atoms with Crippen molar-refractivity contribution in [2.45, 2.75) is 16.6 Å². The summed E-state index contributed by atoms with van der Waals surface area (Å²) in [6, 6.07) is 15.1. The Labute approximate surface area is 169 Å². The number of anilines is 2. The minimum atomic E-state index is -0.473. The molecule has 2 aromatic carbocycles. The summed E-state index contributed by atoms with van der Waals surface area (Å²) in [7, 11) is 0. The van der Waals surface area contributed by atoms with E-state index >= 15 is 0 Å². The van der Waals surface area contributed by atoms with E-state index in [2.05, 4.69) is 16.0 Å². The molecule has 136 valence electrons. The number of benzene rings is 2. The molecule has 1 aromatic heterocycles. The first-order valence-corrected chi connectivity index (χ1v) is 10.5. The number of hydrogen-bond acceptors (Lipinski definition) is 4. The molecule has 3 aromatic rings. The Morgan fingerprint density at radius 3 is 2.85 bits per heavy atom. The lowest BCUT2D eigenvalue weighted by Crippen LogP contribution is -2.32. The molecule has 2 N–H and O–H groups in total. The zero-order valence-electron chi connectivity index (χ0n) is 14.1. The van der Waals surface area contributed by atoms with Crippen molar-refractivity contribution in [3.05, 3.63) is 64.3 Å². The van der Waals surface area contributed by atoms with Gasteiger partial charge in [-0.05, 0) is 58.3 Å². The standard InChI is InChI=1S/C20H15ClN2O2S2/c21-14-4-5-17-16(9-14)23-20(25)18(27-17)10-19(24)22-15-3-1-2-12(8-15)13-6-7-26-11-13/h1-9,11,18H,10H2,(H,22,24)(H,23,25)/t18-/m0/s1. The smallest absolute Gasteiger partial charge is 0.238 e. The molecule has 1 atom stereocenters. The molecular weight excluding hydrogens is 400 g/mol. The highest BCUT2D eigenvalue weighted by Crippen LogP contribution is 2.38. The van der Waals surface area contributed by atoms with Crippen LogP contribution >= 0.6 is 34.7 Å². The molecule has 0 unspecified atom stereocenters. The van der Waals surface area contributed by atoms with Crippen molar-refractivity contribution in [3.63, 3.8) is 0 Å². The van der Waals surface area contributed by atoms with Crippen LogP contribution in [0.1, 0.15) is 6.42 Å². The summed E-state index contributed by atoms with van der Waals surface area (Å²) >= 11 is 8.97. The van der Waals surface area contributed by atoms with E-state index in [9.17, 15) is 9.59 Å². The molecule has 0 saturated carbocycles. The fourth-order valence-corrected chi connectivity index (χ4v) is 4.77.